The molecule has 0 saturated heterocycles. The molecule has 0 radical (unpaired) electrons. The van der Waals surface area contributed by atoms with Gasteiger partial charge in [-0.05, 0) is 6.07 Å². The van der Waals surface area contributed by atoms with Gasteiger partial charge < -0.3 is 15.2 Å². The molecule has 0 atom stereocenters. The maximum Gasteiger partial charge on any atom is 0.217 e. The van der Waals surface area contributed by atoms with Gasteiger partial charge >= 0.3 is 0 Å². The lowest BCUT2D eigenvalue weighted by atomic mass is 10.1. The second-order valence-electron chi connectivity index (χ2n) is 3.57. The first-order valence-electron chi connectivity index (χ1n) is 5.30. The summed E-state index contributed by atoms with van der Waals surface area (Å²) in [7, 11) is 1.42. The quantitative estimate of drug-likeness (QED) is 0.841. The topological polar surface area (TPSA) is 82.3 Å². The van der Waals surface area contributed by atoms with E-state index in [2.05, 4.69) is 5.32 Å². The van der Waals surface area contributed by atoms with E-state index in [1.807, 2.05) is 6.07 Å². The Labute approximate surface area is 105 Å². The van der Waals surface area contributed by atoms with E-state index < -0.39 is 0 Å². The first kappa shape index (κ1) is 13.6. The van der Waals surface area contributed by atoms with Crippen LogP contribution in [0.2, 0.25) is 0 Å². The summed E-state index contributed by atoms with van der Waals surface area (Å²) < 4.78 is 4.97. The molecule has 0 unspecified atom stereocenters. The molecule has 0 aliphatic heterocycles. The smallest absolute Gasteiger partial charge is 0.217 e. The van der Waals surface area contributed by atoms with E-state index in [9.17, 15) is 9.90 Å². The van der Waals surface area contributed by atoms with Gasteiger partial charge in [0.25, 0.3) is 0 Å². The van der Waals surface area contributed by atoms with Gasteiger partial charge in [0, 0.05) is 25.1 Å². The number of phenols is 1. The molecular formula is C13H14N2O3. The van der Waals surface area contributed by atoms with Crippen LogP contribution in [0.5, 0.6) is 11.5 Å². The van der Waals surface area contributed by atoms with Crippen molar-refractivity contribution in [2.24, 2.45) is 0 Å². The van der Waals surface area contributed by atoms with Gasteiger partial charge in [0.05, 0.1) is 18.7 Å². The number of benzene rings is 1. The maximum atomic E-state index is 10.7. The van der Waals surface area contributed by atoms with E-state index in [1.54, 1.807) is 18.2 Å². The van der Waals surface area contributed by atoms with E-state index in [0.717, 1.165) is 0 Å². The Morgan fingerprint density at radius 2 is 2.33 bits per heavy atom. The van der Waals surface area contributed by atoms with Crippen molar-refractivity contribution in [3.63, 3.8) is 0 Å². The van der Waals surface area contributed by atoms with Gasteiger partial charge in [0.15, 0.2) is 11.5 Å². The molecule has 18 heavy (non-hydrogen) atoms. The standard InChI is InChI=1S/C13H14N2O3/c1-9(16)15-5-3-4-11-6-10(8-14)7-12(18-2)13(11)17/h3-4,6-7,17H,5H2,1-2H3,(H,15,16). The van der Waals surface area contributed by atoms with Gasteiger partial charge in [0.2, 0.25) is 5.91 Å². The zero-order valence-electron chi connectivity index (χ0n) is 10.2. The van der Waals surface area contributed by atoms with Crippen molar-refractivity contribution in [3.05, 3.63) is 29.3 Å². The predicted molar refractivity (Wildman–Crippen MR) is 67.1 cm³/mol. The summed E-state index contributed by atoms with van der Waals surface area (Å²) in [6, 6.07) is 4.99. The Kier molecular flexibility index (Phi) is 4.76. The average molecular weight is 246 g/mol. The zero-order chi connectivity index (χ0) is 13.5. The molecule has 2 N–H and O–H groups in total. The van der Waals surface area contributed by atoms with Crippen molar-refractivity contribution in [1.29, 1.82) is 5.26 Å². The summed E-state index contributed by atoms with van der Waals surface area (Å²) in [6.07, 6.45) is 3.30. The van der Waals surface area contributed by atoms with Crippen LogP contribution in [-0.2, 0) is 4.79 Å². The first-order chi connectivity index (χ1) is 8.58. The normalized spacial score (nSPS) is 10.1. The minimum Gasteiger partial charge on any atom is -0.504 e. The SMILES string of the molecule is COc1cc(C#N)cc(C=CCNC(C)=O)c1O. The van der Waals surface area contributed by atoms with Gasteiger partial charge in [-0.3, -0.25) is 4.79 Å². The number of methoxy groups -OCH3 is 1. The number of nitriles is 1. The zero-order valence-corrected chi connectivity index (χ0v) is 10.2. The highest BCUT2D eigenvalue weighted by molar-refractivity contribution is 5.73. The average Bonchev–Trinajstić information content (AvgIpc) is 2.36. The van der Waals surface area contributed by atoms with E-state index >= 15 is 0 Å². The van der Waals surface area contributed by atoms with Gasteiger partial charge in [0.1, 0.15) is 0 Å². The number of rotatable bonds is 4. The predicted octanol–water partition coefficient (Wildman–Crippen LogP) is 1.42. The first-order valence-corrected chi connectivity index (χ1v) is 5.30. The molecule has 94 valence electrons. The number of phenolic OH excluding ortho intramolecular Hbond substituents is 1. The summed E-state index contributed by atoms with van der Waals surface area (Å²) >= 11 is 0. The Bertz CT molecular complexity index is 516. The van der Waals surface area contributed by atoms with E-state index in [-0.39, 0.29) is 17.4 Å². The molecule has 0 bridgehead atoms. The minimum absolute atomic E-state index is 0.0319. The second kappa shape index (κ2) is 6.30. The molecule has 5 heteroatoms. The third kappa shape index (κ3) is 3.52. The fraction of sp³-hybridized carbons (Fsp3) is 0.231. The Morgan fingerprint density at radius 1 is 1.61 bits per heavy atom. The molecule has 1 aromatic carbocycles. The van der Waals surface area contributed by atoms with Crippen molar-refractivity contribution in [3.8, 4) is 17.6 Å². The molecule has 0 spiro atoms. The number of nitrogens with zero attached hydrogens (tertiary/aromatic N) is 1. The van der Waals surface area contributed by atoms with Crippen LogP contribution in [0.4, 0.5) is 0 Å². The Balaban J connectivity index is 2.94. The third-order valence-electron chi connectivity index (χ3n) is 2.22. The number of ether oxygens (including phenoxy) is 1. The molecule has 0 fully saturated rings. The monoisotopic (exact) mass is 246 g/mol. The van der Waals surface area contributed by atoms with Crippen molar-refractivity contribution in [2.45, 2.75) is 6.92 Å². The van der Waals surface area contributed by atoms with E-state index in [0.29, 0.717) is 17.7 Å². The van der Waals surface area contributed by atoms with Crippen LogP contribution in [-0.4, -0.2) is 24.7 Å². The number of hydrogen-bond donors (Lipinski definition) is 2. The summed E-state index contributed by atoms with van der Waals surface area (Å²) in [4.78, 5) is 10.7. The molecule has 5 nitrogen and oxygen atoms in total. The van der Waals surface area contributed by atoms with Crippen LogP contribution in [0.25, 0.3) is 6.08 Å². The van der Waals surface area contributed by atoms with Crippen LogP contribution >= 0.6 is 0 Å². The number of hydrogen-bond acceptors (Lipinski definition) is 4. The second-order valence-corrected chi connectivity index (χ2v) is 3.57. The van der Waals surface area contributed by atoms with Crippen molar-refractivity contribution < 1.29 is 14.6 Å². The number of aromatic hydroxyl groups is 1. The van der Waals surface area contributed by atoms with Crippen LogP contribution in [0.1, 0.15) is 18.1 Å². The molecular weight excluding hydrogens is 232 g/mol. The van der Waals surface area contributed by atoms with E-state index in [4.69, 9.17) is 10.00 Å². The molecule has 0 saturated carbocycles. The van der Waals surface area contributed by atoms with Crippen LogP contribution in [0.3, 0.4) is 0 Å². The molecule has 0 heterocycles. The van der Waals surface area contributed by atoms with Gasteiger partial charge in [-0.1, -0.05) is 12.2 Å². The largest absolute Gasteiger partial charge is 0.504 e. The highest BCUT2D eigenvalue weighted by Crippen LogP contribution is 2.32. The van der Waals surface area contributed by atoms with E-state index in [1.165, 1.54) is 20.1 Å². The van der Waals surface area contributed by atoms with Gasteiger partial charge in [-0.2, -0.15) is 5.26 Å². The number of carbonyl (C=O) groups excluding carboxylic acids is 1. The summed E-state index contributed by atoms with van der Waals surface area (Å²) in [5.74, 6) is 0.0797. The molecule has 1 amide bonds. The Hall–Kier alpha value is -2.48. The van der Waals surface area contributed by atoms with Crippen LogP contribution < -0.4 is 10.1 Å². The van der Waals surface area contributed by atoms with Crippen molar-refractivity contribution in [2.75, 3.05) is 13.7 Å². The number of nitrogens with one attached hydrogen (secondary N) is 1. The van der Waals surface area contributed by atoms with Gasteiger partial charge in [-0.15, -0.1) is 0 Å². The molecule has 0 aliphatic rings. The van der Waals surface area contributed by atoms with Crippen LogP contribution in [0.15, 0.2) is 18.2 Å². The fourth-order valence-electron chi connectivity index (χ4n) is 1.37. The molecule has 1 aromatic rings. The van der Waals surface area contributed by atoms with Crippen molar-refractivity contribution in [1.82, 2.24) is 5.32 Å². The van der Waals surface area contributed by atoms with Crippen molar-refractivity contribution >= 4 is 12.0 Å². The lowest BCUT2D eigenvalue weighted by Crippen LogP contribution is -2.19. The molecule has 0 aliphatic carbocycles. The fourth-order valence-corrected chi connectivity index (χ4v) is 1.37. The number of amides is 1. The maximum absolute atomic E-state index is 10.7. The highest BCUT2D eigenvalue weighted by Gasteiger charge is 2.08. The summed E-state index contributed by atoms with van der Waals surface area (Å²) in [5, 5.41) is 21.3. The van der Waals surface area contributed by atoms with Gasteiger partial charge in [-0.25, -0.2) is 0 Å². The highest BCUT2D eigenvalue weighted by atomic mass is 16.5. The lowest BCUT2D eigenvalue weighted by Gasteiger charge is -2.06. The molecule has 0 aromatic heterocycles. The summed E-state index contributed by atoms with van der Waals surface area (Å²) in [6.45, 7) is 1.78. The third-order valence-corrected chi connectivity index (χ3v) is 2.22. The Morgan fingerprint density at radius 3 is 2.89 bits per heavy atom. The van der Waals surface area contributed by atoms with Crippen LogP contribution in [0, 0.1) is 11.3 Å². The minimum atomic E-state index is -0.132. The molecule has 1 rings (SSSR count). The summed E-state index contributed by atoms with van der Waals surface area (Å²) in [5.41, 5.74) is 0.861. The number of carbonyl (C=O) groups is 1. The lowest BCUT2D eigenvalue weighted by molar-refractivity contribution is -0.118.